The zero-order valence-electron chi connectivity index (χ0n) is 15.5. The van der Waals surface area contributed by atoms with Gasteiger partial charge in [0.25, 0.3) is 0 Å². The maximum absolute atomic E-state index is 5.62. The molecule has 138 valence electrons. The van der Waals surface area contributed by atoms with E-state index in [9.17, 15) is 0 Å². The minimum atomic E-state index is 0.555. The Hall–Kier alpha value is -2.42. The third-order valence-corrected chi connectivity index (χ3v) is 5.81. The summed E-state index contributed by atoms with van der Waals surface area (Å²) >= 11 is 7.34. The maximum Gasteiger partial charge on any atom is 0.221 e. The van der Waals surface area contributed by atoms with Gasteiger partial charge >= 0.3 is 0 Å². The highest BCUT2D eigenvalue weighted by Gasteiger charge is 2.13. The average molecular weight is 397 g/mol. The zero-order valence-corrected chi connectivity index (χ0v) is 17.1. The van der Waals surface area contributed by atoms with Crippen molar-refractivity contribution in [2.24, 2.45) is 0 Å². The van der Waals surface area contributed by atoms with Crippen LogP contribution in [0.2, 0.25) is 0 Å². The molecule has 0 aliphatic carbocycles. The Balaban J connectivity index is 1.54. The number of hydrogen-bond acceptors (Lipinski definition) is 6. The van der Waals surface area contributed by atoms with Gasteiger partial charge < -0.3 is 0 Å². The van der Waals surface area contributed by atoms with Crippen LogP contribution in [0.3, 0.4) is 0 Å². The number of thiazole rings is 1. The van der Waals surface area contributed by atoms with Crippen molar-refractivity contribution >= 4 is 33.8 Å². The summed E-state index contributed by atoms with van der Waals surface area (Å²) in [6.45, 7) is 5.40. The molecule has 0 unspecified atom stereocenters. The van der Waals surface area contributed by atoms with E-state index in [0.717, 1.165) is 33.9 Å². The van der Waals surface area contributed by atoms with Crippen LogP contribution in [0.15, 0.2) is 42.5 Å². The molecule has 0 radical (unpaired) electrons. The Kier molecular flexibility index (Phi) is 4.86. The van der Waals surface area contributed by atoms with E-state index < -0.39 is 0 Å². The lowest BCUT2D eigenvalue weighted by Crippen LogP contribution is -2.22. The third-order valence-electron chi connectivity index (χ3n) is 4.41. The van der Waals surface area contributed by atoms with Gasteiger partial charge in [0.05, 0.1) is 29.1 Å². The standard InChI is InChI=1S/C19H20N6S2/c1-13-7-6-8-14(2)18(13)25-19(26)24(21-22-25)12-23(3)11-17-20-15-9-4-5-10-16(15)27-17/h4-10H,11-12H2,1-3H3. The van der Waals surface area contributed by atoms with E-state index in [1.165, 1.54) is 4.70 Å². The van der Waals surface area contributed by atoms with Crippen LogP contribution in [-0.4, -0.2) is 36.7 Å². The molecule has 2 heterocycles. The van der Waals surface area contributed by atoms with E-state index in [1.54, 1.807) is 20.7 Å². The zero-order chi connectivity index (χ0) is 19.0. The Labute approximate surface area is 166 Å². The number of fused-ring (bicyclic) bond motifs is 1. The summed E-state index contributed by atoms with van der Waals surface area (Å²) in [6.07, 6.45) is 0. The normalized spacial score (nSPS) is 11.6. The molecule has 0 aliphatic rings. The molecule has 0 saturated carbocycles. The summed E-state index contributed by atoms with van der Waals surface area (Å²) in [5, 5.41) is 9.63. The molecular formula is C19H20N6S2. The Bertz CT molecular complexity index is 1100. The Morgan fingerprint density at radius 2 is 1.78 bits per heavy atom. The van der Waals surface area contributed by atoms with E-state index in [0.29, 0.717) is 11.4 Å². The molecule has 8 heteroatoms. The molecule has 0 amide bonds. The van der Waals surface area contributed by atoms with Crippen LogP contribution >= 0.6 is 23.6 Å². The fraction of sp³-hybridized carbons (Fsp3) is 0.263. The highest BCUT2D eigenvalue weighted by atomic mass is 32.1. The first-order chi connectivity index (χ1) is 13.0. The fourth-order valence-electron chi connectivity index (χ4n) is 3.14. The molecule has 27 heavy (non-hydrogen) atoms. The summed E-state index contributed by atoms with van der Waals surface area (Å²) in [5.74, 6) is 0. The van der Waals surface area contributed by atoms with Crippen molar-refractivity contribution in [3.05, 3.63) is 63.4 Å². The van der Waals surface area contributed by atoms with Crippen LogP contribution in [0.5, 0.6) is 0 Å². The number of para-hydroxylation sites is 2. The van der Waals surface area contributed by atoms with E-state index in [4.69, 9.17) is 17.2 Å². The molecule has 4 rings (SSSR count). The van der Waals surface area contributed by atoms with Crippen LogP contribution < -0.4 is 0 Å². The second kappa shape index (κ2) is 7.30. The van der Waals surface area contributed by atoms with Gasteiger partial charge in [-0.3, -0.25) is 4.90 Å². The van der Waals surface area contributed by atoms with Crippen LogP contribution in [-0.2, 0) is 13.2 Å². The predicted octanol–water partition coefficient (Wildman–Crippen LogP) is 4.11. The minimum Gasteiger partial charge on any atom is -0.281 e. The first kappa shape index (κ1) is 18.0. The quantitative estimate of drug-likeness (QED) is 0.475. The molecule has 0 N–H and O–H groups in total. The smallest absolute Gasteiger partial charge is 0.221 e. The van der Waals surface area contributed by atoms with E-state index in [2.05, 4.69) is 47.4 Å². The molecule has 0 saturated heterocycles. The van der Waals surface area contributed by atoms with E-state index >= 15 is 0 Å². The van der Waals surface area contributed by atoms with Crippen molar-refractivity contribution in [1.82, 2.24) is 29.7 Å². The van der Waals surface area contributed by atoms with E-state index in [1.807, 2.05) is 31.3 Å². The van der Waals surface area contributed by atoms with Crippen LogP contribution in [0.1, 0.15) is 16.1 Å². The summed E-state index contributed by atoms with van der Waals surface area (Å²) < 4.78 is 5.28. The summed E-state index contributed by atoms with van der Waals surface area (Å²) in [4.78, 5) is 6.83. The maximum atomic E-state index is 5.62. The van der Waals surface area contributed by atoms with Crippen molar-refractivity contribution in [1.29, 1.82) is 0 Å². The summed E-state index contributed by atoms with van der Waals surface area (Å²) in [5.41, 5.74) is 4.30. The molecular weight excluding hydrogens is 376 g/mol. The van der Waals surface area contributed by atoms with Crippen LogP contribution in [0, 0.1) is 18.6 Å². The monoisotopic (exact) mass is 396 g/mol. The van der Waals surface area contributed by atoms with Gasteiger partial charge in [-0.05, 0) is 66.8 Å². The van der Waals surface area contributed by atoms with Crippen LogP contribution in [0.4, 0.5) is 0 Å². The topological polar surface area (TPSA) is 51.8 Å². The van der Waals surface area contributed by atoms with Gasteiger partial charge in [-0.15, -0.1) is 11.3 Å². The predicted molar refractivity (Wildman–Crippen MR) is 111 cm³/mol. The molecule has 4 aromatic rings. The third kappa shape index (κ3) is 3.55. The molecule has 6 nitrogen and oxygen atoms in total. The number of rotatable bonds is 5. The van der Waals surface area contributed by atoms with Gasteiger partial charge in [-0.1, -0.05) is 30.3 Å². The molecule has 0 fully saturated rings. The first-order valence-corrected chi connectivity index (χ1v) is 9.88. The summed E-state index contributed by atoms with van der Waals surface area (Å²) in [7, 11) is 2.03. The largest absolute Gasteiger partial charge is 0.281 e. The first-order valence-electron chi connectivity index (χ1n) is 8.65. The van der Waals surface area contributed by atoms with Gasteiger partial charge in [-0.25, -0.2) is 9.67 Å². The van der Waals surface area contributed by atoms with Crippen molar-refractivity contribution in [2.45, 2.75) is 27.1 Å². The van der Waals surface area contributed by atoms with Gasteiger partial charge in [-0.2, -0.15) is 4.68 Å². The highest BCUT2D eigenvalue weighted by molar-refractivity contribution is 7.71. The number of aromatic nitrogens is 5. The number of hydrogen-bond donors (Lipinski definition) is 0. The number of nitrogens with zero attached hydrogens (tertiary/aromatic N) is 6. The average Bonchev–Trinajstić information content (AvgIpc) is 3.19. The number of tetrazole rings is 1. The second-order valence-corrected chi connectivity index (χ2v) is 8.12. The second-order valence-electron chi connectivity index (χ2n) is 6.64. The molecule has 0 bridgehead atoms. The fourth-order valence-corrected chi connectivity index (χ4v) is 4.41. The van der Waals surface area contributed by atoms with Crippen molar-refractivity contribution in [3.63, 3.8) is 0 Å². The van der Waals surface area contributed by atoms with Gasteiger partial charge in [0.15, 0.2) is 0 Å². The van der Waals surface area contributed by atoms with Gasteiger partial charge in [0, 0.05) is 0 Å². The summed E-state index contributed by atoms with van der Waals surface area (Å²) in [6, 6.07) is 14.4. The molecule has 0 spiro atoms. The lowest BCUT2D eigenvalue weighted by Gasteiger charge is -2.14. The minimum absolute atomic E-state index is 0.555. The Morgan fingerprint density at radius 1 is 1.04 bits per heavy atom. The molecule has 0 atom stereocenters. The van der Waals surface area contributed by atoms with Gasteiger partial charge in [0.2, 0.25) is 4.77 Å². The lowest BCUT2D eigenvalue weighted by molar-refractivity contribution is 0.242. The van der Waals surface area contributed by atoms with Crippen molar-refractivity contribution < 1.29 is 0 Å². The van der Waals surface area contributed by atoms with E-state index in [-0.39, 0.29) is 0 Å². The molecule has 2 aromatic heterocycles. The number of aryl methyl sites for hydroxylation is 2. The SMILES string of the molecule is Cc1cccc(C)c1-n1nnn(CN(C)Cc2nc3ccccc3s2)c1=S. The lowest BCUT2D eigenvalue weighted by atomic mass is 10.1. The molecule has 2 aromatic carbocycles. The van der Waals surface area contributed by atoms with Crippen LogP contribution in [0.25, 0.3) is 15.9 Å². The molecule has 0 aliphatic heterocycles. The van der Waals surface area contributed by atoms with Crippen molar-refractivity contribution in [2.75, 3.05) is 7.05 Å². The highest BCUT2D eigenvalue weighted by Crippen LogP contribution is 2.22. The van der Waals surface area contributed by atoms with Crippen molar-refractivity contribution in [3.8, 4) is 5.69 Å². The van der Waals surface area contributed by atoms with Gasteiger partial charge in [0.1, 0.15) is 5.01 Å². The Morgan fingerprint density at radius 3 is 2.52 bits per heavy atom. The number of benzene rings is 2.